The van der Waals surface area contributed by atoms with Gasteiger partial charge in [-0.3, -0.25) is 10.2 Å². The molecule has 160 valence electrons. The second kappa shape index (κ2) is 11.8. The normalized spacial score (nSPS) is 20.3. The highest BCUT2D eigenvalue weighted by Gasteiger charge is 2.25. The molecule has 0 spiro atoms. The summed E-state index contributed by atoms with van der Waals surface area (Å²) >= 11 is 0. The fourth-order valence-corrected chi connectivity index (χ4v) is 3.69. The minimum atomic E-state index is -0.137. The molecule has 0 saturated carbocycles. The van der Waals surface area contributed by atoms with E-state index in [0.29, 0.717) is 24.7 Å². The summed E-state index contributed by atoms with van der Waals surface area (Å²) in [5, 5.41) is 16.0. The molecule has 1 aliphatic heterocycles. The van der Waals surface area contributed by atoms with E-state index in [2.05, 4.69) is 36.2 Å². The van der Waals surface area contributed by atoms with Gasteiger partial charge in [-0.05, 0) is 62.8 Å². The van der Waals surface area contributed by atoms with Gasteiger partial charge in [-0.15, -0.1) is 0 Å². The van der Waals surface area contributed by atoms with E-state index in [1.54, 1.807) is 19.2 Å². The molecule has 2 N–H and O–H groups in total. The molecule has 0 amide bonds. The third-order valence-corrected chi connectivity index (χ3v) is 5.43. The van der Waals surface area contributed by atoms with E-state index in [-0.39, 0.29) is 18.1 Å². The number of carbonyl (C=O) groups excluding carboxylic acids is 1. The van der Waals surface area contributed by atoms with Crippen LogP contribution in [-0.2, 0) is 9.53 Å². The summed E-state index contributed by atoms with van der Waals surface area (Å²) in [5.41, 5.74) is 2.23. The molecule has 3 unspecified atom stereocenters. The standard InChI is InChI=1S/C22H35N5O2/c1-5-16(3)19(24-6-2)15-18(11-13-28)22(26-17(4)23)20-10-12-25-27(20)21-9-7-8-14-29-21/h10-13,16,19,21,23-24H,5-9,14-15H2,1-4H3/b18-11+,23-17?,26-22+. The predicted octanol–water partition coefficient (Wildman–Crippen LogP) is 3.91. The van der Waals surface area contributed by atoms with Gasteiger partial charge < -0.3 is 10.1 Å². The first-order valence-electron chi connectivity index (χ1n) is 10.7. The van der Waals surface area contributed by atoms with E-state index in [1.807, 2.05) is 10.7 Å². The highest BCUT2D eigenvalue weighted by molar-refractivity contribution is 6.16. The van der Waals surface area contributed by atoms with Gasteiger partial charge in [-0.2, -0.15) is 5.10 Å². The molecule has 2 heterocycles. The summed E-state index contributed by atoms with van der Waals surface area (Å²) in [6.45, 7) is 9.69. The lowest BCUT2D eigenvalue weighted by molar-refractivity contribution is -0.104. The van der Waals surface area contributed by atoms with E-state index in [1.165, 1.54) is 0 Å². The van der Waals surface area contributed by atoms with Crippen molar-refractivity contribution >= 4 is 17.8 Å². The lowest BCUT2D eigenvalue weighted by Gasteiger charge is -2.27. The Kier molecular flexibility index (Phi) is 9.41. The monoisotopic (exact) mass is 401 g/mol. The topological polar surface area (TPSA) is 92.4 Å². The lowest BCUT2D eigenvalue weighted by Crippen LogP contribution is -2.36. The molecule has 1 aromatic rings. The van der Waals surface area contributed by atoms with Crippen LogP contribution in [0.25, 0.3) is 0 Å². The highest BCUT2D eigenvalue weighted by Crippen LogP contribution is 2.26. The number of allylic oxidation sites excluding steroid dienone is 1. The van der Waals surface area contributed by atoms with Crippen LogP contribution in [-0.4, -0.2) is 46.8 Å². The molecule has 29 heavy (non-hydrogen) atoms. The Labute approximate surface area is 174 Å². The summed E-state index contributed by atoms with van der Waals surface area (Å²) in [6, 6.07) is 2.11. The Balaban J connectivity index is 2.44. The largest absolute Gasteiger partial charge is 0.356 e. The Bertz CT molecular complexity index is 731. The summed E-state index contributed by atoms with van der Waals surface area (Å²) in [4.78, 5) is 16.0. The van der Waals surface area contributed by atoms with Crippen LogP contribution in [0.5, 0.6) is 0 Å². The van der Waals surface area contributed by atoms with Crippen LogP contribution in [0.1, 0.15) is 71.7 Å². The Morgan fingerprint density at radius 3 is 2.86 bits per heavy atom. The van der Waals surface area contributed by atoms with E-state index < -0.39 is 0 Å². The molecule has 1 saturated heterocycles. The Morgan fingerprint density at radius 2 is 2.28 bits per heavy atom. The molecule has 0 aromatic carbocycles. The minimum absolute atomic E-state index is 0.137. The lowest BCUT2D eigenvalue weighted by atomic mass is 9.90. The van der Waals surface area contributed by atoms with E-state index in [4.69, 9.17) is 10.1 Å². The molecule has 7 nitrogen and oxygen atoms in total. The molecule has 0 bridgehead atoms. The molecule has 1 aromatic heterocycles. The van der Waals surface area contributed by atoms with Crippen molar-refractivity contribution in [1.29, 1.82) is 5.41 Å². The van der Waals surface area contributed by atoms with E-state index in [9.17, 15) is 4.79 Å². The molecule has 0 radical (unpaired) electrons. The zero-order valence-corrected chi connectivity index (χ0v) is 18.1. The van der Waals surface area contributed by atoms with Gasteiger partial charge in [-0.25, -0.2) is 9.67 Å². The van der Waals surface area contributed by atoms with Gasteiger partial charge in [0.15, 0.2) is 6.23 Å². The summed E-state index contributed by atoms with van der Waals surface area (Å²) in [5.74, 6) is 0.636. The molecule has 0 aliphatic carbocycles. The van der Waals surface area contributed by atoms with Crippen LogP contribution in [0.15, 0.2) is 28.9 Å². The van der Waals surface area contributed by atoms with Crippen LogP contribution >= 0.6 is 0 Å². The van der Waals surface area contributed by atoms with Crippen molar-refractivity contribution < 1.29 is 9.53 Å². The average Bonchev–Trinajstić information content (AvgIpc) is 3.20. The molecular formula is C22H35N5O2. The third-order valence-electron chi connectivity index (χ3n) is 5.43. The van der Waals surface area contributed by atoms with Crippen LogP contribution in [0.2, 0.25) is 0 Å². The fourth-order valence-electron chi connectivity index (χ4n) is 3.69. The fraction of sp³-hybridized carbons (Fsp3) is 0.636. The average molecular weight is 402 g/mol. The maximum Gasteiger partial charge on any atom is 0.150 e. The van der Waals surface area contributed by atoms with Crippen molar-refractivity contribution in [3.05, 3.63) is 29.6 Å². The first-order valence-corrected chi connectivity index (χ1v) is 10.7. The first-order chi connectivity index (χ1) is 14.0. The number of aliphatic imine (C=N–C) groups is 1. The van der Waals surface area contributed by atoms with Gasteiger partial charge in [0.25, 0.3) is 0 Å². The van der Waals surface area contributed by atoms with Crippen LogP contribution in [0.4, 0.5) is 0 Å². The number of aromatic nitrogens is 2. The predicted molar refractivity (Wildman–Crippen MR) is 117 cm³/mol. The number of hydrogen-bond acceptors (Lipinski definition) is 5. The van der Waals surface area contributed by atoms with Gasteiger partial charge in [-0.1, -0.05) is 27.2 Å². The van der Waals surface area contributed by atoms with Crippen molar-refractivity contribution in [3.63, 3.8) is 0 Å². The van der Waals surface area contributed by atoms with E-state index in [0.717, 1.165) is 49.8 Å². The van der Waals surface area contributed by atoms with Gasteiger partial charge in [0, 0.05) is 18.8 Å². The van der Waals surface area contributed by atoms with Crippen LogP contribution in [0, 0.1) is 11.3 Å². The second-order valence-electron chi connectivity index (χ2n) is 7.61. The first kappa shape index (κ1) is 23.2. The zero-order valence-electron chi connectivity index (χ0n) is 18.1. The maximum atomic E-state index is 11.5. The van der Waals surface area contributed by atoms with E-state index >= 15 is 0 Å². The summed E-state index contributed by atoms with van der Waals surface area (Å²) < 4.78 is 7.78. The molecular weight excluding hydrogens is 366 g/mol. The number of aldehydes is 1. The van der Waals surface area contributed by atoms with Crippen molar-refractivity contribution in [2.24, 2.45) is 10.9 Å². The van der Waals surface area contributed by atoms with Crippen molar-refractivity contribution in [3.8, 4) is 0 Å². The van der Waals surface area contributed by atoms with Gasteiger partial charge in [0.2, 0.25) is 0 Å². The molecule has 1 aliphatic rings. The summed E-state index contributed by atoms with van der Waals surface area (Å²) in [6.07, 6.45) is 8.72. The number of hydrogen-bond donors (Lipinski definition) is 2. The summed E-state index contributed by atoms with van der Waals surface area (Å²) in [7, 11) is 0. The quantitative estimate of drug-likeness (QED) is 0.269. The third kappa shape index (κ3) is 6.44. The number of carbonyl (C=O) groups is 1. The van der Waals surface area contributed by atoms with Gasteiger partial charge >= 0.3 is 0 Å². The smallest absolute Gasteiger partial charge is 0.150 e. The van der Waals surface area contributed by atoms with Crippen molar-refractivity contribution in [2.45, 2.75) is 72.1 Å². The highest BCUT2D eigenvalue weighted by atomic mass is 16.5. The molecule has 3 atom stereocenters. The molecule has 1 fully saturated rings. The van der Waals surface area contributed by atoms with Gasteiger partial charge in [0.05, 0.1) is 11.4 Å². The van der Waals surface area contributed by atoms with Crippen molar-refractivity contribution in [2.75, 3.05) is 13.2 Å². The second-order valence-corrected chi connectivity index (χ2v) is 7.61. The number of nitrogens with zero attached hydrogens (tertiary/aromatic N) is 3. The zero-order chi connectivity index (χ0) is 21.2. The minimum Gasteiger partial charge on any atom is -0.356 e. The van der Waals surface area contributed by atoms with Gasteiger partial charge in [0.1, 0.15) is 12.1 Å². The molecule has 2 rings (SSSR count). The number of amidine groups is 1. The number of rotatable bonds is 10. The Hall–Kier alpha value is -2.12. The van der Waals surface area contributed by atoms with Crippen molar-refractivity contribution in [1.82, 2.24) is 15.1 Å². The maximum absolute atomic E-state index is 11.5. The number of ether oxygens (including phenoxy) is 1. The van der Waals surface area contributed by atoms with Crippen LogP contribution in [0.3, 0.4) is 0 Å². The number of nitrogens with one attached hydrogen (secondary N) is 2. The molecule has 7 heteroatoms. The van der Waals surface area contributed by atoms with Crippen LogP contribution < -0.4 is 5.32 Å². The SMILES string of the molecule is CCNC(CC(=C\C=O)/C(=N\C(C)=N)c1ccnn1C1CCCCO1)C(C)CC. The Morgan fingerprint density at radius 1 is 1.48 bits per heavy atom.